The molecule has 0 fully saturated rings. The summed E-state index contributed by atoms with van der Waals surface area (Å²) in [6, 6.07) is 5.20. The second kappa shape index (κ2) is 7.46. The van der Waals surface area contributed by atoms with E-state index in [4.69, 9.17) is 16.7 Å². The molecule has 0 aliphatic rings. The van der Waals surface area contributed by atoms with Gasteiger partial charge in [0.15, 0.2) is 0 Å². The fraction of sp³-hybridized carbons (Fsp3) is 0.500. The first-order chi connectivity index (χ1) is 9.73. The molecule has 1 rings (SSSR count). The van der Waals surface area contributed by atoms with Crippen LogP contribution < -0.4 is 0 Å². The second-order valence-corrected chi connectivity index (χ2v) is 6.03. The van der Waals surface area contributed by atoms with Gasteiger partial charge in [-0.15, -0.1) is 0 Å². The summed E-state index contributed by atoms with van der Waals surface area (Å²) in [5.41, 5.74) is 1.48. The van der Waals surface area contributed by atoms with Gasteiger partial charge in [-0.2, -0.15) is 0 Å². The van der Waals surface area contributed by atoms with Crippen LogP contribution in [0.1, 0.15) is 56.0 Å². The van der Waals surface area contributed by atoms with Crippen LogP contribution in [0, 0.1) is 0 Å². The summed E-state index contributed by atoms with van der Waals surface area (Å²) >= 11 is 6.22. The van der Waals surface area contributed by atoms with E-state index in [0.717, 1.165) is 5.56 Å². The smallest absolute Gasteiger partial charge is 0.305 e. The van der Waals surface area contributed by atoms with Gasteiger partial charge in [-0.3, -0.25) is 9.59 Å². The summed E-state index contributed by atoms with van der Waals surface area (Å²) in [6.07, 6.45) is -0.0677. The minimum atomic E-state index is -0.915. The Kier molecular flexibility index (Phi) is 6.21. The molecule has 1 N–H and O–H groups in total. The van der Waals surface area contributed by atoms with Crippen LogP contribution in [-0.4, -0.2) is 34.5 Å². The zero-order valence-corrected chi connectivity index (χ0v) is 13.6. The van der Waals surface area contributed by atoms with Gasteiger partial charge in [0.25, 0.3) is 5.91 Å². The number of rotatable bonds is 6. The predicted molar refractivity (Wildman–Crippen MR) is 84.0 cm³/mol. The Balaban J connectivity index is 2.98. The van der Waals surface area contributed by atoms with Crippen molar-refractivity contribution in [2.45, 2.75) is 46.1 Å². The van der Waals surface area contributed by atoms with Crippen molar-refractivity contribution in [1.82, 2.24) is 4.90 Å². The highest BCUT2D eigenvalue weighted by molar-refractivity contribution is 6.31. The van der Waals surface area contributed by atoms with Gasteiger partial charge in [0.2, 0.25) is 0 Å². The molecule has 5 heteroatoms. The number of carboxylic acid groups (broad SMARTS) is 1. The number of hydrogen-bond acceptors (Lipinski definition) is 2. The van der Waals surface area contributed by atoms with E-state index in [1.165, 1.54) is 0 Å². The molecule has 0 aromatic heterocycles. The first-order valence-corrected chi connectivity index (χ1v) is 7.44. The van der Waals surface area contributed by atoms with Crippen LogP contribution in [0.25, 0.3) is 0 Å². The molecular weight excluding hydrogens is 290 g/mol. The van der Waals surface area contributed by atoms with E-state index in [1.807, 2.05) is 33.8 Å². The standard InChI is InChI=1S/C16H22ClNO3/c1-10(2)13-6-5-12(9-14(13)17)16(21)18(11(3)4)8-7-15(19)20/h5-6,9-11H,7-8H2,1-4H3,(H,19,20). The fourth-order valence-electron chi connectivity index (χ4n) is 2.10. The third-order valence-corrected chi connectivity index (χ3v) is 3.65. The van der Waals surface area contributed by atoms with Crippen molar-refractivity contribution in [2.75, 3.05) is 6.54 Å². The zero-order chi connectivity index (χ0) is 16.2. The highest BCUT2D eigenvalue weighted by Gasteiger charge is 2.20. The van der Waals surface area contributed by atoms with Gasteiger partial charge in [-0.05, 0) is 37.5 Å². The number of carbonyl (C=O) groups is 2. The molecule has 0 unspecified atom stereocenters. The molecule has 0 heterocycles. The molecule has 21 heavy (non-hydrogen) atoms. The molecule has 0 aliphatic carbocycles. The topological polar surface area (TPSA) is 57.6 Å². The molecule has 1 aromatic carbocycles. The van der Waals surface area contributed by atoms with Gasteiger partial charge in [-0.1, -0.05) is 31.5 Å². The Morgan fingerprint density at radius 1 is 1.24 bits per heavy atom. The Hall–Kier alpha value is -1.55. The maximum atomic E-state index is 12.5. The number of benzene rings is 1. The Bertz CT molecular complexity index is 526. The predicted octanol–water partition coefficient (Wildman–Crippen LogP) is 3.79. The summed E-state index contributed by atoms with van der Waals surface area (Å²) in [5, 5.41) is 9.35. The van der Waals surface area contributed by atoms with Crippen LogP contribution in [0.5, 0.6) is 0 Å². The van der Waals surface area contributed by atoms with E-state index in [-0.39, 0.29) is 30.8 Å². The average Bonchev–Trinajstić information content (AvgIpc) is 2.37. The Labute approximate surface area is 130 Å². The summed E-state index contributed by atoms with van der Waals surface area (Å²) in [6.45, 7) is 8.00. The molecular formula is C16H22ClNO3. The van der Waals surface area contributed by atoms with Crippen molar-refractivity contribution in [3.05, 3.63) is 34.3 Å². The largest absolute Gasteiger partial charge is 0.481 e. The maximum absolute atomic E-state index is 12.5. The second-order valence-electron chi connectivity index (χ2n) is 5.63. The van der Waals surface area contributed by atoms with Gasteiger partial charge in [0.05, 0.1) is 6.42 Å². The lowest BCUT2D eigenvalue weighted by atomic mass is 10.0. The third-order valence-electron chi connectivity index (χ3n) is 3.32. The number of carboxylic acids is 1. The molecule has 0 saturated carbocycles. The lowest BCUT2D eigenvalue weighted by Gasteiger charge is -2.26. The Morgan fingerprint density at radius 3 is 2.29 bits per heavy atom. The third kappa shape index (κ3) is 4.74. The molecule has 116 valence electrons. The molecule has 0 atom stereocenters. The van der Waals surface area contributed by atoms with Gasteiger partial charge in [0, 0.05) is 23.2 Å². The van der Waals surface area contributed by atoms with E-state index in [9.17, 15) is 9.59 Å². The van der Waals surface area contributed by atoms with Crippen molar-refractivity contribution in [3.63, 3.8) is 0 Å². The lowest BCUT2D eigenvalue weighted by Crippen LogP contribution is -2.38. The van der Waals surface area contributed by atoms with E-state index < -0.39 is 5.97 Å². The number of nitrogens with zero attached hydrogens (tertiary/aromatic N) is 1. The number of hydrogen-bond donors (Lipinski definition) is 1. The summed E-state index contributed by atoms with van der Waals surface area (Å²) in [5.74, 6) is -0.819. The van der Waals surface area contributed by atoms with Crippen molar-refractivity contribution in [1.29, 1.82) is 0 Å². The highest BCUT2D eigenvalue weighted by Crippen LogP contribution is 2.26. The van der Waals surface area contributed by atoms with Gasteiger partial charge < -0.3 is 10.0 Å². The Morgan fingerprint density at radius 2 is 1.86 bits per heavy atom. The van der Waals surface area contributed by atoms with Crippen molar-refractivity contribution >= 4 is 23.5 Å². The van der Waals surface area contributed by atoms with Crippen LogP contribution >= 0.6 is 11.6 Å². The number of amides is 1. The van der Waals surface area contributed by atoms with E-state index >= 15 is 0 Å². The molecule has 0 spiro atoms. The zero-order valence-electron chi connectivity index (χ0n) is 12.9. The van der Waals surface area contributed by atoms with Crippen LogP contribution in [0.15, 0.2) is 18.2 Å². The molecule has 1 amide bonds. The molecule has 0 radical (unpaired) electrons. The molecule has 4 nitrogen and oxygen atoms in total. The minimum Gasteiger partial charge on any atom is -0.481 e. The van der Waals surface area contributed by atoms with Crippen LogP contribution in [0.2, 0.25) is 5.02 Å². The lowest BCUT2D eigenvalue weighted by molar-refractivity contribution is -0.137. The molecule has 1 aromatic rings. The first kappa shape index (κ1) is 17.5. The first-order valence-electron chi connectivity index (χ1n) is 7.06. The highest BCUT2D eigenvalue weighted by atomic mass is 35.5. The molecule has 0 saturated heterocycles. The average molecular weight is 312 g/mol. The van der Waals surface area contributed by atoms with Crippen molar-refractivity contribution in [2.24, 2.45) is 0 Å². The number of aliphatic carboxylic acids is 1. The number of carbonyl (C=O) groups excluding carboxylic acids is 1. The van der Waals surface area contributed by atoms with Crippen LogP contribution in [0.3, 0.4) is 0 Å². The van der Waals surface area contributed by atoms with Crippen LogP contribution in [-0.2, 0) is 4.79 Å². The van der Waals surface area contributed by atoms with Crippen molar-refractivity contribution in [3.8, 4) is 0 Å². The molecule has 0 aliphatic heterocycles. The summed E-state index contributed by atoms with van der Waals surface area (Å²) in [7, 11) is 0. The molecule has 0 bridgehead atoms. The minimum absolute atomic E-state index is 0.0677. The van der Waals surface area contributed by atoms with Crippen molar-refractivity contribution < 1.29 is 14.7 Å². The van der Waals surface area contributed by atoms with Gasteiger partial charge >= 0.3 is 5.97 Å². The fourth-order valence-corrected chi connectivity index (χ4v) is 2.50. The van der Waals surface area contributed by atoms with Gasteiger partial charge in [0.1, 0.15) is 0 Å². The van der Waals surface area contributed by atoms with Crippen LogP contribution in [0.4, 0.5) is 0 Å². The number of halogens is 1. The normalized spacial score (nSPS) is 11.0. The summed E-state index contributed by atoms with van der Waals surface area (Å²) in [4.78, 5) is 24.8. The maximum Gasteiger partial charge on any atom is 0.305 e. The van der Waals surface area contributed by atoms with E-state index in [2.05, 4.69) is 0 Å². The van der Waals surface area contributed by atoms with E-state index in [0.29, 0.717) is 10.6 Å². The SMILES string of the molecule is CC(C)c1ccc(C(=O)N(CCC(=O)O)C(C)C)cc1Cl. The van der Waals surface area contributed by atoms with E-state index in [1.54, 1.807) is 17.0 Å². The monoisotopic (exact) mass is 311 g/mol. The quantitative estimate of drug-likeness (QED) is 0.869. The summed E-state index contributed by atoms with van der Waals surface area (Å²) < 4.78 is 0. The van der Waals surface area contributed by atoms with Gasteiger partial charge in [-0.25, -0.2) is 0 Å².